The summed E-state index contributed by atoms with van der Waals surface area (Å²) < 4.78 is 4.30. The molecule has 0 bridgehead atoms. The van der Waals surface area contributed by atoms with Crippen LogP contribution in [0.4, 0.5) is 0 Å². The van der Waals surface area contributed by atoms with Crippen LogP contribution in [0.3, 0.4) is 0 Å². The fourth-order valence-electron chi connectivity index (χ4n) is 9.25. The SMILES string of the molecule is Cc1cc(C)c(-n2ccnc2-c2[c-]cccc2)c(C)c1.Cc1cc(C)c(-n2ccnc2-c2[c-]cccc2)c(C)c1.[Ir].c1ccc([PH+](CC[PH+](c2ccccc2)c2ccccc2)c2ccccc2)cc1. The number of nitrogens with zero attached hydrogens (tertiary/aromatic N) is 4. The molecule has 0 unspecified atom stereocenters. The molecule has 0 fully saturated rings. The number of aromatic nitrogens is 4. The molecule has 0 aliphatic rings. The summed E-state index contributed by atoms with van der Waals surface area (Å²) in [6, 6.07) is 75.7. The van der Waals surface area contributed by atoms with Crippen molar-refractivity contribution in [2.45, 2.75) is 41.5 Å². The molecule has 0 amide bonds. The van der Waals surface area contributed by atoms with Crippen molar-refractivity contribution in [1.82, 2.24) is 19.1 Å². The Kier molecular flexibility index (Phi) is 18.2. The molecule has 0 aliphatic carbocycles. The van der Waals surface area contributed by atoms with Gasteiger partial charge in [-0.1, -0.05) is 108 Å². The van der Waals surface area contributed by atoms with E-state index in [0.29, 0.717) is 0 Å². The molecule has 0 saturated heterocycles. The first-order chi connectivity index (χ1) is 33.2. The van der Waals surface area contributed by atoms with E-state index in [0.717, 1.165) is 22.8 Å². The number of hydrogen-bond donors (Lipinski definition) is 0. The van der Waals surface area contributed by atoms with Gasteiger partial charge in [-0.15, -0.1) is 71.8 Å². The summed E-state index contributed by atoms with van der Waals surface area (Å²) in [7, 11) is -1.57. The van der Waals surface area contributed by atoms with Gasteiger partial charge in [0.25, 0.3) is 0 Å². The fraction of sp³-hybridized carbons (Fsp3) is 0.129. The van der Waals surface area contributed by atoms with Crippen molar-refractivity contribution >= 4 is 37.1 Å². The van der Waals surface area contributed by atoms with Crippen molar-refractivity contribution in [2.75, 3.05) is 12.3 Å². The first-order valence-electron chi connectivity index (χ1n) is 23.4. The van der Waals surface area contributed by atoms with E-state index in [2.05, 4.69) is 218 Å². The number of rotatable bonds is 11. The Hall–Kier alpha value is -6.31. The molecule has 8 aromatic carbocycles. The molecule has 7 heteroatoms. The Balaban J connectivity index is 0.000000155. The van der Waals surface area contributed by atoms with Crippen molar-refractivity contribution in [3.63, 3.8) is 0 Å². The summed E-state index contributed by atoms with van der Waals surface area (Å²) in [6.45, 7) is 12.8. The van der Waals surface area contributed by atoms with E-state index in [9.17, 15) is 0 Å². The summed E-state index contributed by atoms with van der Waals surface area (Å²) in [5, 5.41) is 6.06. The topological polar surface area (TPSA) is 35.6 Å². The van der Waals surface area contributed by atoms with Gasteiger partial charge in [0.1, 0.15) is 12.3 Å². The van der Waals surface area contributed by atoms with Gasteiger partial charge in [0.05, 0.1) is 48.7 Å². The van der Waals surface area contributed by atoms with E-state index in [-0.39, 0.29) is 20.1 Å². The van der Waals surface area contributed by atoms with E-state index in [4.69, 9.17) is 0 Å². The van der Waals surface area contributed by atoms with Crippen LogP contribution in [0.2, 0.25) is 0 Å². The van der Waals surface area contributed by atoms with E-state index in [1.807, 2.05) is 73.3 Å². The number of imidazole rings is 2. The molecule has 10 rings (SSSR count). The van der Waals surface area contributed by atoms with Crippen LogP contribution in [-0.2, 0) is 20.1 Å². The Morgan fingerprint density at radius 2 is 0.681 bits per heavy atom. The van der Waals surface area contributed by atoms with Crippen LogP contribution >= 0.6 is 15.8 Å². The van der Waals surface area contributed by atoms with Crippen molar-refractivity contribution < 1.29 is 20.1 Å². The minimum absolute atomic E-state index is 0. The third-order valence-corrected chi connectivity index (χ3v) is 18.2. The van der Waals surface area contributed by atoms with Gasteiger partial charge in [-0.05, 0) is 112 Å². The second-order valence-electron chi connectivity index (χ2n) is 17.2. The summed E-state index contributed by atoms with van der Waals surface area (Å²) in [5.74, 6) is 1.86. The van der Waals surface area contributed by atoms with E-state index < -0.39 is 15.8 Å². The zero-order valence-corrected chi connectivity index (χ0v) is 44.7. The first kappa shape index (κ1) is 50.6. The maximum Gasteiger partial charge on any atom is 0.101 e. The molecule has 2 heterocycles. The van der Waals surface area contributed by atoms with E-state index in [1.165, 1.54) is 78.3 Å². The van der Waals surface area contributed by atoms with Crippen LogP contribution in [-0.4, -0.2) is 31.4 Å². The van der Waals surface area contributed by atoms with E-state index in [1.54, 1.807) is 0 Å². The van der Waals surface area contributed by atoms with Crippen LogP contribution in [0.5, 0.6) is 0 Å². The number of benzene rings is 8. The van der Waals surface area contributed by atoms with Gasteiger partial charge in [0.15, 0.2) is 0 Å². The van der Waals surface area contributed by atoms with Crippen LogP contribution in [0, 0.1) is 53.7 Å². The Bertz CT molecular complexity index is 2780. The van der Waals surface area contributed by atoms with Crippen LogP contribution < -0.4 is 21.2 Å². The van der Waals surface area contributed by atoms with Crippen molar-refractivity contribution in [2.24, 2.45) is 0 Å². The largest absolute Gasteiger partial charge is 0.340 e. The number of hydrogen-bond acceptors (Lipinski definition) is 2. The van der Waals surface area contributed by atoms with E-state index >= 15 is 0 Å². The van der Waals surface area contributed by atoms with Crippen LogP contribution in [0.15, 0.2) is 219 Å². The van der Waals surface area contributed by atoms with Crippen LogP contribution in [0.1, 0.15) is 33.4 Å². The first-order valence-corrected chi connectivity index (χ1v) is 26.8. The molecule has 10 aromatic rings. The minimum Gasteiger partial charge on any atom is -0.340 e. The zero-order chi connectivity index (χ0) is 47.2. The monoisotopic (exact) mass is 1120 g/mol. The molecule has 4 nitrogen and oxygen atoms in total. The summed E-state index contributed by atoms with van der Waals surface area (Å²) in [6.07, 6.45) is 10.2. The number of aryl methyl sites for hydroxylation is 6. The molecule has 0 aliphatic heterocycles. The minimum atomic E-state index is -0.783. The van der Waals surface area contributed by atoms with Gasteiger partial charge in [-0.3, -0.25) is 9.97 Å². The van der Waals surface area contributed by atoms with Gasteiger partial charge in [-0.25, -0.2) is 0 Å². The standard InChI is InChI=1S/C26H24P2.2C18H17N2.Ir/c1-5-13-23(14-6-1)27(24-15-7-2-8-16-24)21-22-28(25-17-9-3-10-18-25)26-19-11-4-12-20-26;2*1-13-11-14(2)17(15(3)12-13)20-10-9-19-18(20)16-7-5-4-6-8-16;/h1-20H,21-22H2;2*4-7,9-12H,1-3H3;/q;2*-1;/p+2. The zero-order valence-electron chi connectivity index (χ0n) is 40.3. The third kappa shape index (κ3) is 12.9. The molecule has 0 atom stereocenters. The average Bonchev–Trinajstić information content (AvgIpc) is 4.06. The van der Waals surface area contributed by atoms with Crippen molar-refractivity contribution in [3.05, 3.63) is 264 Å². The molecular weight excluding hydrogens is 1050 g/mol. The Morgan fingerprint density at radius 1 is 0.391 bits per heavy atom. The van der Waals surface area contributed by atoms with Gasteiger partial charge >= 0.3 is 0 Å². The molecule has 347 valence electrons. The molecule has 69 heavy (non-hydrogen) atoms. The predicted octanol–water partition coefficient (Wildman–Crippen LogP) is 13.2. The van der Waals surface area contributed by atoms with Crippen LogP contribution in [0.25, 0.3) is 34.2 Å². The summed E-state index contributed by atoms with van der Waals surface area (Å²) in [4.78, 5) is 9.00. The smallest absolute Gasteiger partial charge is 0.101 e. The molecule has 2 aromatic heterocycles. The predicted molar refractivity (Wildman–Crippen MR) is 295 cm³/mol. The summed E-state index contributed by atoms with van der Waals surface area (Å²) in [5.41, 5.74) is 12.1. The van der Waals surface area contributed by atoms with Crippen molar-refractivity contribution in [3.8, 4) is 34.2 Å². The van der Waals surface area contributed by atoms with Gasteiger partial charge in [-0.2, -0.15) is 0 Å². The fourth-order valence-corrected chi connectivity index (χ4v) is 15.5. The average molecular weight is 1120 g/mol. The van der Waals surface area contributed by atoms with Crippen molar-refractivity contribution in [1.29, 1.82) is 0 Å². The normalized spacial score (nSPS) is 10.7. The molecule has 1 radical (unpaired) electrons. The Labute approximate surface area is 426 Å². The maximum absolute atomic E-state index is 4.50. The second kappa shape index (κ2) is 24.8. The molecular formula is C62H60IrN4P2. The summed E-state index contributed by atoms with van der Waals surface area (Å²) >= 11 is 0. The third-order valence-electron chi connectivity index (χ3n) is 12.0. The van der Waals surface area contributed by atoms with Gasteiger partial charge in [0, 0.05) is 56.3 Å². The van der Waals surface area contributed by atoms with Gasteiger partial charge < -0.3 is 9.13 Å². The molecule has 0 spiro atoms. The quantitative estimate of drug-likeness (QED) is 0.0956. The Morgan fingerprint density at radius 3 is 0.957 bits per heavy atom. The molecule has 0 saturated carbocycles. The second-order valence-corrected chi connectivity index (χ2v) is 22.4. The maximum atomic E-state index is 4.50. The van der Waals surface area contributed by atoms with Gasteiger partial charge in [0.2, 0.25) is 0 Å². The molecule has 0 N–H and O–H groups in total.